The molecule has 0 spiro atoms. The lowest BCUT2D eigenvalue weighted by Gasteiger charge is -2.11. The zero-order valence-electron chi connectivity index (χ0n) is 18.3. The average Bonchev–Trinajstić information content (AvgIpc) is 2.80. The van der Waals surface area contributed by atoms with E-state index in [1.165, 1.54) is 30.3 Å². The first-order valence-electron chi connectivity index (χ1n) is 10.2. The lowest BCUT2D eigenvalue weighted by atomic mass is 10.1. The van der Waals surface area contributed by atoms with Crippen LogP contribution in [0.2, 0.25) is 0 Å². The molecule has 7 nitrogen and oxygen atoms in total. The van der Waals surface area contributed by atoms with Crippen molar-refractivity contribution >= 4 is 29.3 Å². The van der Waals surface area contributed by atoms with Gasteiger partial charge in [-0.1, -0.05) is 24.3 Å². The number of ether oxygens (including phenoxy) is 1. The van der Waals surface area contributed by atoms with Crippen molar-refractivity contribution in [3.63, 3.8) is 0 Å². The molecule has 3 aromatic carbocycles. The van der Waals surface area contributed by atoms with Crippen LogP contribution in [0.15, 0.2) is 72.3 Å². The fourth-order valence-corrected chi connectivity index (χ4v) is 2.96. The molecule has 0 aliphatic heterocycles. The minimum Gasteiger partial charge on any atom is -0.508 e. The Hall–Kier alpha value is -4.57. The van der Waals surface area contributed by atoms with Gasteiger partial charge in [-0.3, -0.25) is 9.59 Å². The van der Waals surface area contributed by atoms with Gasteiger partial charge in [0.05, 0.1) is 0 Å². The first-order chi connectivity index (χ1) is 15.8. The van der Waals surface area contributed by atoms with Crippen molar-refractivity contribution in [2.24, 2.45) is 0 Å². The summed E-state index contributed by atoms with van der Waals surface area (Å²) in [6.07, 6.45) is 1.43. The molecule has 3 aromatic rings. The summed E-state index contributed by atoms with van der Waals surface area (Å²) in [5, 5.41) is 24.2. The highest BCUT2D eigenvalue weighted by Crippen LogP contribution is 2.19. The minimum atomic E-state index is -0.581. The van der Waals surface area contributed by atoms with Gasteiger partial charge in [-0.2, -0.15) is 5.26 Å². The SMILES string of the molecule is Cc1ccc(C)c(NC(=O)COc2cccc(/C=C(\C#N)C(=O)Nc3ccc(O)cc3)c2)c1. The highest BCUT2D eigenvalue weighted by Gasteiger charge is 2.11. The lowest BCUT2D eigenvalue weighted by molar-refractivity contribution is -0.118. The maximum absolute atomic E-state index is 12.4. The molecule has 0 radical (unpaired) electrons. The third kappa shape index (κ3) is 6.71. The van der Waals surface area contributed by atoms with E-state index in [1.54, 1.807) is 24.3 Å². The Kier molecular flexibility index (Phi) is 7.45. The third-order valence-electron chi connectivity index (χ3n) is 4.70. The number of carbonyl (C=O) groups is 2. The summed E-state index contributed by atoms with van der Waals surface area (Å²) >= 11 is 0. The van der Waals surface area contributed by atoms with E-state index in [-0.39, 0.29) is 23.8 Å². The number of nitriles is 1. The van der Waals surface area contributed by atoms with Crippen molar-refractivity contribution in [2.45, 2.75) is 13.8 Å². The Morgan fingerprint density at radius 2 is 1.79 bits per heavy atom. The molecule has 0 aliphatic carbocycles. The second-order valence-electron chi connectivity index (χ2n) is 7.40. The van der Waals surface area contributed by atoms with Crippen LogP contribution in [0.3, 0.4) is 0 Å². The Morgan fingerprint density at radius 3 is 2.52 bits per heavy atom. The Labute approximate surface area is 191 Å². The second kappa shape index (κ2) is 10.6. The number of hydrogen-bond donors (Lipinski definition) is 3. The highest BCUT2D eigenvalue weighted by atomic mass is 16.5. The Morgan fingerprint density at radius 1 is 1.03 bits per heavy atom. The topological polar surface area (TPSA) is 111 Å². The quantitative estimate of drug-likeness (QED) is 0.282. The number of nitrogens with zero attached hydrogens (tertiary/aromatic N) is 1. The molecule has 0 bridgehead atoms. The van der Waals surface area contributed by atoms with Gasteiger partial charge in [-0.05, 0) is 79.1 Å². The van der Waals surface area contributed by atoms with Crippen molar-refractivity contribution in [1.29, 1.82) is 5.26 Å². The molecule has 33 heavy (non-hydrogen) atoms. The van der Waals surface area contributed by atoms with Crippen LogP contribution in [0.4, 0.5) is 11.4 Å². The molecule has 0 aliphatic rings. The number of aromatic hydroxyl groups is 1. The number of anilines is 2. The van der Waals surface area contributed by atoms with Gasteiger partial charge in [0, 0.05) is 11.4 Å². The zero-order valence-corrected chi connectivity index (χ0v) is 18.3. The van der Waals surface area contributed by atoms with Gasteiger partial charge in [-0.25, -0.2) is 0 Å². The molecular weight excluding hydrogens is 418 g/mol. The maximum atomic E-state index is 12.4. The molecule has 0 saturated heterocycles. The van der Waals surface area contributed by atoms with Gasteiger partial charge in [0.25, 0.3) is 11.8 Å². The third-order valence-corrected chi connectivity index (χ3v) is 4.70. The summed E-state index contributed by atoms with van der Waals surface area (Å²) in [5.74, 6) is -0.377. The van der Waals surface area contributed by atoms with Gasteiger partial charge in [0.2, 0.25) is 0 Å². The van der Waals surface area contributed by atoms with E-state index in [1.807, 2.05) is 38.1 Å². The summed E-state index contributed by atoms with van der Waals surface area (Å²) < 4.78 is 5.58. The molecule has 7 heteroatoms. The van der Waals surface area contributed by atoms with Crippen LogP contribution in [0.25, 0.3) is 6.08 Å². The summed E-state index contributed by atoms with van der Waals surface area (Å²) in [6, 6.07) is 20.4. The summed E-state index contributed by atoms with van der Waals surface area (Å²) in [7, 11) is 0. The van der Waals surface area contributed by atoms with Crippen molar-refractivity contribution in [1.82, 2.24) is 0 Å². The number of hydrogen-bond acceptors (Lipinski definition) is 5. The van der Waals surface area contributed by atoms with Crippen molar-refractivity contribution < 1.29 is 19.4 Å². The normalized spacial score (nSPS) is 10.8. The van der Waals surface area contributed by atoms with Crippen LogP contribution >= 0.6 is 0 Å². The van der Waals surface area contributed by atoms with E-state index >= 15 is 0 Å². The Balaban J connectivity index is 1.64. The zero-order chi connectivity index (χ0) is 23.8. The van der Waals surface area contributed by atoms with E-state index in [0.29, 0.717) is 17.0 Å². The van der Waals surface area contributed by atoms with E-state index in [2.05, 4.69) is 10.6 Å². The number of nitrogens with one attached hydrogen (secondary N) is 2. The predicted molar refractivity (Wildman–Crippen MR) is 127 cm³/mol. The van der Waals surface area contributed by atoms with Crippen molar-refractivity contribution in [2.75, 3.05) is 17.2 Å². The highest BCUT2D eigenvalue weighted by molar-refractivity contribution is 6.09. The molecule has 0 aromatic heterocycles. The van der Waals surface area contributed by atoms with Crippen LogP contribution in [0.1, 0.15) is 16.7 Å². The van der Waals surface area contributed by atoms with E-state index < -0.39 is 5.91 Å². The monoisotopic (exact) mass is 441 g/mol. The largest absolute Gasteiger partial charge is 0.508 e. The molecule has 2 amide bonds. The fraction of sp³-hybridized carbons (Fsp3) is 0.115. The van der Waals surface area contributed by atoms with Crippen LogP contribution in [-0.4, -0.2) is 23.5 Å². The van der Waals surface area contributed by atoms with Gasteiger partial charge in [0.15, 0.2) is 6.61 Å². The molecular formula is C26H23N3O4. The summed E-state index contributed by atoms with van der Waals surface area (Å²) in [6.45, 7) is 3.67. The lowest BCUT2D eigenvalue weighted by Crippen LogP contribution is -2.20. The summed E-state index contributed by atoms with van der Waals surface area (Å²) in [5.41, 5.74) is 3.65. The van der Waals surface area contributed by atoms with Crippen LogP contribution in [0.5, 0.6) is 11.5 Å². The number of benzene rings is 3. The molecule has 0 heterocycles. The number of aryl methyl sites for hydroxylation is 2. The first-order valence-corrected chi connectivity index (χ1v) is 10.2. The van der Waals surface area contributed by atoms with Crippen molar-refractivity contribution in [3.8, 4) is 17.6 Å². The van der Waals surface area contributed by atoms with Gasteiger partial charge < -0.3 is 20.5 Å². The number of phenolic OH excluding ortho intramolecular Hbond substituents is 1. The van der Waals surface area contributed by atoms with E-state index in [4.69, 9.17) is 4.74 Å². The van der Waals surface area contributed by atoms with Crippen LogP contribution in [0, 0.1) is 25.2 Å². The molecule has 0 fully saturated rings. The van der Waals surface area contributed by atoms with Crippen molar-refractivity contribution in [3.05, 3.63) is 89.0 Å². The standard InChI is InChI=1S/C26H23N3O4/c1-17-6-7-18(2)24(12-17)29-25(31)16-33-23-5-3-4-19(14-23)13-20(15-27)26(32)28-21-8-10-22(30)11-9-21/h3-14,30H,16H2,1-2H3,(H,28,32)(H,29,31)/b20-13+. The van der Waals surface area contributed by atoms with Gasteiger partial charge >= 0.3 is 0 Å². The predicted octanol–water partition coefficient (Wildman–Crippen LogP) is 4.57. The van der Waals surface area contributed by atoms with Crippen LogP contribution < -0.4 is 15.4 Å². The van der Waals surface area contributed by atoms with Crippen LogP contribution in [-0.2, 0) is 9.59 Å². The first kappa shape index (κ1) is 23.1. The molecule has 3 N–H and O–H groups in total. The smallest absolute Gasteiger partial charge is 0.266 e. The maximum Gasteiger partial charge on any atom is 0.266 e. The molecule has 0 unspecified atom stereocenters. The van der Waals surface area contributed by atoms with Gasteiger partial charge in [-0.15, -0.1) is 0 Å². The molecule has 0 saturated carbocycles. The number of amides is 2. The van der Waals surface area contributed by atoms with E-state index in [0.717, 1.165) is 16.8 Å². The minimum absolute atomic E-state index is 0.0727. The number of rotatable bonds is 7. The Bertz CT molecular complexity index is 1240. The molecule has 0 atom stereocenters. The number of phenols is 1. The summed E-state index contributed by atoms with van der Waals surface area (Å²) in [4.78, 5) is 24.7. The van der Waals surface area contributed by atoms with E-state index in [9.17, 15) is 20.0 Å². The second-order valence-corrected chi connectivity index (χ2v) is 7.40. The number of carbonyl (C=O) groups excluding carboxylic acids is 2. The molecule has 3 rings (SSSR count). The fourth-order valence-electron chi connectivity index (χ4n) is 2.96. The van der Waals surface area contributed by atoms with Gasteiger partial charge in [0.1, 0.15) is 23.1 Å². The molecule has 166 valence electrons. The average molecular weight is 441 g/mol.